The van der Waals surface area contributed by atoms with E-state index in [1.54, 1.807) is 0 Å². The minimum atomic E-state index is -3.54. The average molecular weight is 395 g/mol. The van der Waals surface area contributed by atoms with E-state index in [1.807, 2.05) is 18.7 Å². The normalized spacial score (nSPS) is 19.9. The summed E-state index contributed by atoms with van der Waals surface area (Å²) in [5, 5.41) is 0. The van der Waals surface area contributed by atoms with Crippen LogP contribution in [0.4, 0.5) is 0 Å². The number of nitrogens with zero attached hydrogens (tertiary/aromatic N) is 1. The summed E-state index contributed by atoms with van der Waals surface area (Å²) in [5.41, 5.74) is 0. The number of likely N-dealkylation sites (tertiary alicyclic amines) is 1. The first-order chi connectivity index (χ1) is 10.3. The Bertz CT molecular complexity index is 346. The maximum Gasteiger partial charge on any atom is 0.352 e. The molecule has 0 amide bonds. The largest absolute Gasteiger partial charge is 0.352 e. The van der Waals surface area contributed by atoms with Gasteiger partial charge in [-0.05, 0) is 38.8 Å². The van der Waals surface area contributed by atoms with Crippen molar-refractivity contribution in [3.63, 3.8) is 0 Å². The Balaban J connectivity index is 3.04. The summed E-state index contributed by atoms with van der Waals surface area (Å²) in [5.74, 6) is -0.860. The van der Waals surface area contributed by atoms with Gasteiger partial charge in [0.1, 0.15) is 0 Å². The third kappa shape index (κ3) is 6.47. The van der Waals surface area contributed by atoms with Gasteiger partial charge >= 0.3 is 7.60 Å². The van der Waals surface area contributed by atoms with E-state index in [0.717, 1.165) is 51.6 Å². The molecule has 0 unspecified atom stereocenters. The minimum Gasteiger partial charge on any atom is -0.307 e. The van der Waals surface area contributed by atoms with E-state index in [4.69, 9.17) is 43.9 Å². The second-order valence-corrected chi connectivity index (χ2v) is 10.0. The predicted octanol–water partition coefficient (Wildman–Crippen LogP) is 5.61. The van der Waals surface area contributed by atoms with Gasteiger partial charge in [-0.3, -0.25) is 9.46 Å². The van der Waals surface area contributed by atoms with Crippen molar-refractivity contribution in [1.82, 2.24) is 4.90 Å². The molecule has 22 heavy (non-hydrogen) atoms. The molecule has 1 aliphatic rings. The molecule has 1 heterocycles. The minimum absolute atomic E-state index is 0.325. The van der Waals surface area contributed by atoms with Gasteiger partial charge in [0.25, 0.3) is 0 Å². The van der Waals surface area contributed by atoms with Crippen molar-refractivity contribution in [3.8, 4) is 0 Å². The molecule has 0 aliphatic carbocycles. The van der Waals surface area contributed by atoms with Gasteiger partial charge in [-0.2, -0.15) is 0 Å². The van der Waals surface area contributed by atoms with Crippen molar-refractivity contribution in [1.29, 1.82) is 0 Å². The molecular formula is C14H27Cl3NO3P. The average Bonchev–Trinajstić information content (AvgIpc) is 2.71. The molecule has 1 aliphatic heterocycles. The monoisotopic (exact) mass is 393 g/mol. The Morgan fingerprint density at radius 2 is 1.45 bits per heavy atom. The first-order valence-corrected chi connectivity index (χ1v) is 10.8. The quantitative estimate of drug-likeness (QED) is 0.396. The zero-order chi connectivity index (χ0) is 16.6. The fourth-order valence-electron chi connectivity index (χ4n) is 2.54. The smallest absolute Gasteiger partial charge is 0.307 e. The second-order valence-electron chi connectivity index (χ2n) is 5.57. The van der Waals surface area contributed by atoms with Crippen LogP contribution in [0, 0.1) is 0 Å². The highest BCUT2D eigenvalue weighted by molar-refractivity contribution is 7.55. The van der Waals surface area contributed by atoms with E-state index in [-0.39, 0.29) is 0 Å². The number of hydrogen-bond acceptors (Lipinski definition) is 4. The van der Waals surface area contributed by atoms with Gasteiger partial charge in [-0.1, -0.05) is 61.5 Å². The Labute approximate surface area is 149 Å². The third-order valence-corrected chi connectivity index (χ3v) is 7.00. The molecular weight excluding hydrogens is 367 g/mol. The topological polar surface area (TPSA) is 38.8 Å². The highest BCUT2D eigenvalue weighted by Crippen LogP contribution is 2.61. The van der Waals surface area contributed by atoms with E-state index in [1.165, 1.54) is 0 Å². The molecule has 4 nitrogen and oxygen atoms in total. The molecule has 1 fully saturated rings. The summed E-state index contributed by atoms with van der Waals surface area (Å²) >= 11 is 18.6. The van der Waals surface area contributed by atoms with Gasteiger partial charge in [0, 0.05) is 0 Å². The van der Waals surface area contributed by atoms with Crippen LogP contribution in [0.2, 0.25) is 0 Å². The van der Waals surface area contributed by atoms with Gasteiger partial charge < -0.3 is 9.05 Å². The molecule has 0 bridgehead atoms. The molecule has 0 spiro atoms. The molecule has 1 saturated heterocycles. The van der Waals surface area contributed by atoms with E-state index < -0.39 is 17.2 Å². The van der Waals surface area contributed by atoms with E-state index in [0.29, 0.717) is 13.2 Å². The van der Waals surface area contributed by atoms with Crippen molar-refractivity contribution >= 4 is 42.4 Å². The Morgan fingerprint density at radius 1 is 1.00 bits per heavy atom. The van der Waals surface area contributed by atoms with Crippen molar-refractivity contribution in [2.45, 2.75) is 61.9 Å². The molecule has 0 saturated carbocycles. The maximum atomic E-state index is 13.3. The van der Waals surface area contributed by atoms with Crippen molar-refractivity contribution < 1.29 is 13.6 Å². The molecule has 132 valence electrons. The molecule has 0 radical (unpaired) electrons. The molecule has 0 aromatic rings. The summed E-state index contributed by atoms with van der Waals surface area (Å²) < 4.78 is 22.8. The Kier molecular flexibility index (Phi) is 9.63. The van der Waals surface area contributed by atoms with Crippen LogP contribution in [-0.4, -0.2) is 40.8 Å². The van der Waals surface area contributed by atoms with Crippen LogP contribution in [0.25, 0.3) is 0 Å². The Hall–Kier alpha value is 0.980. The van der Waals surface area contributed by atoms with Crippen LogP contribution in [0.15, 0.2) is 0 Å². The molecule has 0 aromatic heterocycles. The van der Waals surface area contributed by atoms with Gasteiger partial charge in [-0.25, -0.2) is 0 Å². The van der Waals surface area contributed by atoms with Crippen molar-refractivity contribution in [3.05, 3.63) is 0 Å². The summed E-state index contributed by atoms with van der Waals surface area (Å²) in [4.78, 5) is 1.98. The van der Waals surface area contributed by atoms with Gasteiger partial charge in [-0.15, -0.1) is 0 Å². The van der Waals surface area contributed by atoms with Gasteiger partial charge in [0.2, 0.25) is 3.79 Å². The first kappa shape index (κ1) is 21.0. The van der Waals surface area contributed by atoms with Gasteiger partial charge in [0.05, 0.1) is 13.2 Å². The van der Waals surface area contributed by atoms with Crippen LogP contribution in [0.5, 0.6) is 0 Å². The lowest BCUT2D eigenvalue weighted by Crippen LogP contribution is -2.45. The van der Waals surface area contributed by atoms with Crippen LogP contribution < -0.4 is 0 Å². The van der Waals surface area contributed by atoms with Crippen LogP contribution in [-0.2, 0) is 13.6 Å². The summed E-state index contributed by atoms with van der Waals surface area (Å²) in [6, 6.07) is 0. The van der Waals surface area contributed by atoms with Crippen LogP contribution in [0.3, 0.4) is 0 Å². The fraction of sp³-hybridized carbons (Fsp3) is 1.00. The molecule has 0 N–H and O–H groups in total. The van der Waals surface area contributed by atoms with Crippen LogP contribution in [0.1, 0.15) is 52.4 Å². The SMILES string of the molecule is CCCOP(=O)(OCCC)[C@H](N1CCCCCC1)C(Cl)(Cl)Cl. The Morgan fingerprint density at radius 3 is 1.82 bits per heavy atom. The maximum absolute atomic E-state index is 13.3. The van der Waals surface area contributed by atoms with E-state index in [2.05, 4.69) is 0 Å². The number of alkyl halides is 3. The summed E-state index contributed by atoms with van der Waals surface area (Å²) in [6.07, 6.45) is 5.73. The van der Waals surface area contributed by atoms with E-state index in [9.17, 15) is 4.57 Å². The fourth-order valence-corrected chi connectivity index (χ4v) is 6.25. The van der Waals surface area contributed by atoms with E-state index >= 15 is 0 Å². The standard InChI is InChI=1S/C14H27Cl3NO3P/c1-3-11-20-22(19,21-12-4-2)13(14(15,16)17)18-9-7-5-6-8-10-18/h13H,3-12H2,1-2H3/t13-/m0/s1. The molecule has 1 rings (SSSR count). The lowest BCUT2D eigenvalue weighted by atomic mass is 10.2. The highest BCUT2D eigenvalue weighted by Gasteiger charge is 2.52. The highest BCUT2D eigenvalue weighted by atomic mass is 35.6. The first-order valence-electron chi connectivity index (χ1n) is 8.04. The van der Waals surface area contributed by atoms with Crippen LogP contribution >= 0.6 is 42.4 Å². The van der Waals surface area contributed by atoms with Crippen molar-refractivity contribution in [2.75, 3.05) is 26.3 Å². The number of rotatable bonds is 8. The third-order valence-electron chi connectivity index (χ3n) is 3.53. The molecule has 0 aromatic carbocycles. The predicted molar refractivity (Wildman–Crippen MR) is 94.2 cm³/mol. The molecule has 1 atom stereocenters. The zero-order valence-electron chi connectivity index (χ0n) is 13.4. The number of halogens is 3. The lowest BCUT2D eigenvalue weighted by molar-refractivity contribution is 0.156. The van der Waals surface area contributed by atoms with Crippen molar-refractivity contribution in [2.24, 2.45) is 0 Å². The summed E-state index contributed by atoms with van der Waals surface area (Å²) in [7, 11) is -3.54. The second kappa shape index (κ2) is 10.1. The van der Waals surface area contributed by atoms with Gasteiger partial charge in [0.15, 0.2) is 5.78 Å². The summed E-state index contributed by atoms with van der Waals surface area (Å²) in [6.45, 7) is 6.03. The number of hydrogen-bond donors (Lipinski definition) is 0. The lowest BCUT2D eigenvalue weighted by Gasteiger charge is -2.38. The molecule has 8 heteroatoms. The zero-order valence-corrected chi connectivity index (χ0v) is 16.6.